The van der Waals surface area contributed by atoms with Gasteiger partial charge in [0.2, 0.25) is 0 Å². The predicted molar refractivity (Wildman–Crippen MR) is 132 cm³/mol. The number of aryl methyl sites for hydroxylation is 2. The van der Waals surface area contributed by atoms with Crippen molar-refractivity contribution >= 4 is 17.1 Å². The lowest BCUT2D eigenvalue weighted by Gasteiger charge is -2.27. The molecule has 0 fully saturated rings. The van der Waals surface area contributed by atoms with Gasteiger partial charge in [0.05, 0.1) is 11.9 Å². The molecule has 2 aromatic heterocycles. The molecule has 2 aromatic carbocycles. The van der Waals surface area contributed by atoms with Gasteiger partial charge in [-0.1, -0.05) is 12.1 Å². The molecule has 4 aromatic rings. The van der Waals surface area contributed by atoms with Crippen LogP contribution in [0.4, 0.5) is 0 Å². The maximum absolute atomic E-state index is 12.4. The number of nitrogens with one attached hydrogen (secondary N) is 1. The molecule has 0 aliphatic carbocycles. The summed E-state index contributed by atoms with van der Waals surface area (Å²) in [5, 5.41) is 0. The van der Waals surface area contributed by atoms with Crippen LogP contribution >= 0.6 is 0 Å². The van der Waals surface area contributed by atoms with Crippen molar-refractivity contribution in [2.24, 2.45) is 0 Å². The van der Waals surface area contributed by atoms with Crippen LogP contribution in [0.1, 0.15) is 32.6 Å². The average molecular weight is 440 g/mol. The number of rotatable bonds is 3. The van der Waals surface area contributed by atoms with Gasteiger partial charge in [0.1, 0.15) is 5.52 Å². The number of likely N-dealkylation sites (N-methyl/N-ethyl adjacent to an activating group) is 1. The highest BCUT2D eigenvalue weighted by molar-refractivity contribution is 5.97. The first-order valence-electron chi connectivity index (χ1n) is 11.3. The van der Waals surface area contributed by atoms with Crippen molar-refractivity contribution in [2.75, 3.05) is 27.7 Å². The number of nitrogens with zero attached hydrogens (tertiary/aromatic N) is 4. The quantitative estimate of drug-likeness (QED) is 0.507. The third kappa shape index (κ3) is 3.80. The Kier molecular flexibility index (Phi) is 5.25. The zero-order valence-electron chi connectivity index (χ0n) is 19.9. The Morgan fingerprint density at radius 3 is 2.64 bits per heavy atom. The Bertz CT molecular complexity index is 1390. The standard InChI is InChI=1S/C27H29N5O/c1-16-10-18(6-7-21(16)27(33)31(3)4)22-13-28-26-25(22)30-24(14-29-26)20-11-17(2)23-15-32(5)9-8-19(23)12-20/h6-7,10-14H,8-9,15H2,1-5H3,(H,28,29). The molecule has 1 N–H and O–H groups in total. The normalized spacial score (nSPS) is 13.8. The van der Waals surface area contributed by atoms with E-state index in [4.69, 9.17) is 4.98 Å². The number of H-pyrrole nitrogens is 1. The minimum Gasteiger partial charge on any atom is -0.345 e. The molecule has 1 amide bonds. The van der Waals surface area contributed by atoms with E-state index >= 15 is 0 Å². The molecular formula is C27H29N5O. The number of fused-ring (bicyclic) bond motifs is 2. The SMILES string of the molecule is Cc1cc(-c2c[nH]c3ncc(-c4cc(C)c5c(c4)CCN(C)C5)nc23)ccc1C(=O)N(C)C. The number of carbonyl (C=O) groups excluding carboxylic acids is 1. The molecule has 0 bridgehead atoms. The van der Waals surface area contributed by atoms with Crippen LogP contribution in [0, 0.1) is 13.8 Å². The topological polar surface area (TPSA) is 65.1 Å². The van der Waals surface area contributed by atoms with Crippen molar-refractivity contribution < 1.29 is 4.79 Å². The van der Waals surface area contributed by atoms with E-state index in [0.717, 1.165) is 58.6 Å². The van der Waals surface area contributed by atoms with Crippen molar-refractivity contribution in [1.82, 2.24) is 24.8 Å². The van der Waals surface area contributed by atoms with E-state index in [9.17, 15) is 4.79 Å². The number of aromatic nitrogens is 3. The second-order valence-corrected chi connectivity index (χ2v) is 9.30. The Morgan fingerprint density at radius 1 is 1.09 bits per heavy atom. The fraction of sp³-hybridized carbons (Fsp3) is 0.296. The van der Waals surface area contributed by atoms with E-state index in [1.54, 1.807) is 19.0 Å². The molecule has 6 nitrogen and oxygen atoms in total. The van der Waals surface area contributed by atoms with Crippen LogP contribution in [0.25, 0.3) is 33.5 Å². The smallest absolute Gasteiger partial charge is 0.253 e. The fourth-order valence-corrected chi connectivity index (χ4v) is 4.71. The van der Waals surface area contributed by atoms with E-state index in [1.807, 2.05) is 37.5 Å². The van der Waals surface area contributed by atoms with Crippen LogP contribution in [0.3, 0.4) is 0 Å². The molecule has 0 unspecified atom stereocenters. The lowest BCUT2D eigenvalue weighted by atomic mass is 9.92. The van der Waals surface area contributed by atoms with Crippen molar-refractivity contribution in [2.45, 2.75) is 26.8 Å². The molecule has 0 saturated carbocycles. The molecule has 0 saturated heterocycles. The molecule has 168 valence electrons. The highest BCUT2D eigenvalue weighted by atomic mass is 16.2. The second kappa shape index (κ2) is 8.12. The summed E-state index contributed by atoms with van der Waals surface area (Å²) < 4.78 is 0. The van der Waals surface area contributed by atoms with E-state index < -0.39 is 0 Å². The Labute approximate surface area is 194 Å². The summed E-state index contributed by atoms with van der Waals surface area (Å²) in [6.45, 7) is 6.24. The highest BCUT2D eigenvalue weighted by Crippen LogP contribution is 2.32. The van der Waals surface area contributed by atoms with E-state index in [2.05, 4.69) is 41.0 Å². The first kappa shape index (κ1) is 21.3. The monoisotopic (exact) mass is 439 g/mol. The lowest BCUT2D eigenvalue weighted by Crippen LogP contribution is -2.27. The lowest BCUT2D eigenvalue weighted by molar-refractivity contribution is 0.0827. The largest absolute Gasteiger partial charge is 0.345 e. The van der Waals surface area contributed by atoms with Crippen molar-refractivity contribution in [3.8, 4) is 22.4 Å². The molecule has 0 spiro atoms. The minimum absolute atomic E-state index is 0.00836. The molecule has 1 aliphatic heterocycles. The third-order valence-corrected chi connectivity index (χ3v) is 6.61. The molecule has 1 aliphatic rings. The van der Waals surface area contributed by atoms with E-state index in [-0.39, 0.29) is 5.91 Å². The van der Waals surface area contributed by atoms with Crippen LogP contribution in [0.2, 0.25) is 0 Å². The summed E-state index contributed by atoms with van der Waals surface area (Å²) in [6.07, 6.45) is 4.86. The van der Waals surface area contributed by atoms with Gasteiger partial charge in [-0.2, -0.15) is 0 Å². The highest BCUT2D eigenvalue weighted by Gasteiger charge is 2.18. The molecule has 0 radical (unpaired) electrons. The first-order valence-corrected chi connectivity index (χ1v) is 11.3. The number of aromatic amines is 1. The molecule has 33 heavy (non-hydrogen) atoms. The van der Waals surface area contributed by atoms with Crippen LogP contribution in [0.5, 0.6) is 0 Å². The maximum Gasteiger partial charge on any atom is 0.253 e. The zero-order chi connectivity index (χ0) is 23.3. The van der Waals surface area contributed by atoms with E-state index in [0.29, 0.717) is 5.56 Å². The first-order chi connectivity index (χ1) is 15.8. The fourth-order valence-electron chi connectivity index (χ4n) is 4.71. The number of benzene rings is 2. The Morgan fingerprint density at radius 2 is 1.88 bits per heavy atom. The van der Waals surface area contributed by atoms with Gasteiger partial charge in [0, 0.05) is 50.1 Å². The molecule has 3 heterocycles. The Hall–Kier alpha value is -3.51. The van der Waals surface area contributed by atoms with Gasteiger partial charge in [0.15, 0.2) is 5.65 Å². The van der Waals surface area contributed by atoms with Crippen LogP contribution < -0.4 is 0 Å². The van der Waals surface area contributed by atoms with Gasteiger partial charge in [-0.3, -0.25) is 4.79 Å². The predicted octanol–water partition coefficient (Wildman–Crippen LogP) is 4.60. The molecule has 5 rings (SSSR count). The average Bonchev–Trinajstić information content (AvgIpc) is 3.22. The summed E-state index contributed by atoms with van der Waals surface area (Å²) in [4.78, 5) is 29.3. The van der Waals surface area contributed by atoms with Crippen LogP contribution in [-0.4, -0.2) is 58.3 Å². The molecular weight excluding hydrogens is 410 g/mol. The van der Waals surface area contributed by atoms with Gasteiger partial charge in [0.25, 0.3) is 5.91 Å². The van der Waals surface area contributed by atoms with Gasteiger partial charge >= 0.3 is 0 Å². The minimum atomic E-state index is 0.00836. The number of carbonyl (C=O) groups is 1. The van der Waals surface area contributed by atoms with Crippen molar-refractivity contribution in [3.63, 3.8) is 0 Å². The van der Waals surface area contributed by atoms with E-state index in [1.165, 1.54) is 16.7 Å². The van der Waals surface area contributed by atoms with Gasteiger partial charge in [-0.25, -0.2) is 9.97 Å². The second-order valence-electron chi connectivity index (χ2n) is 9.30. The summed E-state index contributed by atoms with van der Waals surface area (Å²) in [5.41, 5.74) is 11.4. The molecule has 0 atom stereocenters. The third-order valence-electron chi connectivity index (χ3n) is 6.61. The summed E-state index contributed by atoms with van der Waals surface area (Å²) in [6, 6.07) is 10.4. The number of hydrogen-bond donors (Lipinski definition) is 1. The van der Waals surface area contributed by atoms with Gasteiger partial charge in [-0.05, 0) is 73.3 Å². The van der Waals surface area contributed by atoms with Crippen molar-refractivity contribution in [1.29, 1.82) is 0 Å². The van der Waals surface area contributed by atoms with Gasteiger partial charge in [-0.15, -0.1) is 0 Å². The van der Waals surface area contributed by atoms with Crippen LogP contribution in [-0.2, 0) is 13.0 Å². The van der Waals surface area contributed by atoms with Gasteiger partial charge < -0.3 is 14.8 Å². The van der Waals surface area contributed by atoms with Crippen molar-refractivity contribution in [3.05, 3.63) is 70.5 Å². The Balaban J connectivity index is 1.56. The summed E-state index contributed by atoms with van der Waals surface area (Å²) in [7, 11) is 5.72. The summed E-state index contributed by atoms with van der Waals surface area (Å²) in [5.74, 6) is 0.00836. The number of amides is 1. The zero-order valence-corrected chi connectivity index (χ0v) is 19.9. The van der Waals surface area contributed by atoms with Crippen LogP contribution in [0.15, 0.2) is 42.7 Å². The summed E-state index contributed by atoms with van der Waals surface area (Å²) >= 11 is 0. The molecule has 6 heteroatoms. The number of hydrogen-bond acceptors (Lipinski definition) is 4. The maximum atomic E-state index is 12.4.